The number of piperidine rings is 1. The number of aliphatic carboxylic acids is 1. The van der Waals surface area contributed by atoms with Gasteiger partial charge in [-0.15, -0.1) is 5.92 Å². The van der Waals surface area contributed by atoms with E-state index >= 15 is 0 Å². The first kappa shape index (κ1) is 22.9. The molecule has 2 aromatic carbocycles. The van der Waals surface area contributed by atoms with Gasteiger partial charge in [-0.1, -0.05) is 54.5 Å². The van der Waals surface area contributed by atoms with Crippen molar-refractivity contribution in [3.05, 3.63) is 59.7 Å². The van der Waals surface area contributed by atoms with Crippen LogP contribution in [0.15, 0.2) is 48.5 Å². The van der Waals surface area contributed by atoms with Crippen LogP contribution in [0.5, 0.6) is 0 Å². The molecular weight excluding hydrogens is 416 g/mol. The summed E-state index contributed by atoms with van der Waals surface area (Å²) in [5, 5.41) is 12.6. The molecule has 0 saturated carbocycles. The van der Waals surface area contributed by atoms with Crippen LogP contribution in [0.3, 0.4) is 0 Å². The Labute approximate surface area is 195 Å². The van der Waals surface area contributed by atoms with Crippen LogP contribution < -0.4 is 5.32 Å². The SMILES string of the molecule is CC#CC1([C@@H](NC(=O)OCC2c3ccccc3-c3ccccc32)C(=O)O)CC[N+](C)(C)CC1. The number of quaternary nitrogens is 1. The van der Waals surface area contributed by atoms with Crippen LogP contribution in [0.1, 0.15) is 36.8 Å². The summed E-state index contributed by atoms with van der Waals surface area (Å²) in [5.74, 6) is 4.87. The van der Waals surface area contributed by atoms with Gasteiger partial charge in [-0.25, -0.2) is 9.59 Å². The van der Waals surface area contributed by atoms with Crippen LogP contribution in [0, 0.1) is 17.3 Å². The lowest BCUT2D eigenvalue weighted by Gasteiger charge is -2.44. The predicted molar refractivity (Wildman–Crippen MR) is 127 cm³/mol. The van der Waals surface area contributed by atoms with E-state index in [1.165, 1.54) is 0 Å². The molecule has 2 aromatic rings. The Balaban J connectivity index is 1.49. The average molecular weight is 448 g/mol. The molecule has 1 aliphatic heterocycles. The van der Waals surface area contributed by atoms with Crippen molar-refractivity contribution in [1.29, 1.82) is 0 Å². The lowest BCUT2D eigenvalue weighted by molar-refractivity contribution is -0.897. The van der Waals surface area contributed by atoms with E-state index in [1.54, 1.807) is 6.92 Å². The number of likely N-dealkylation sites (tertiary alicyclic amines) is 1. The molecule has 1 fully saturated rings. The fourth-order valence-corrected chi connectivity index (χ4v) is 5.17. The molecule has 1 saturated heterocycles. The fourth-order valence-electron chi connectivity index (χ4n) is 5.17. The van der Waals surface area contributed by atoms with E-state index < -0.39 is 23.5 Å². The van der Waals surface area contributed by atoms with Gasteiger partial charge in [-0.2, -0.15) is 0 Å². The summed E-state index contributed by atoms with van der Waals surface area (Å²) >= 11 is 0. The molecule has 1 heterocycles. The number of alkyl carbamates (subject to hydrolysis) is 1. The van der Waals surface area contributed by atoms with Crippen LogP contribution in [-0.2, 0) is 9.53 Å². The number of amides is 1. The minimum atomic E-state index is -1.12. The highest BCUT2D eigenvalue weighted by molar-refractivity contribution is 5.82. The molecule has 33 heavy (non-hydrogen) atoms. The molecule has 6 heteroatoms. The number of carboxylic acid groups (broad SMARTS) is 1. The van der Waals surface area contributed by atoms with Crippen molar-refractivity contribution in [2.45, 2.75) is 31.7 Å². The Hall–Kier alpha value is -3.30. The Bertz CT molecular complexity index is 1070. The maximum Gasteiger partial charge on any atom is 0.407 e. The zero-order valence-corrected chi connectivity index (χ0v) is 19.4. The zero-order valence-electron chi connectivity index (χ0n) is 19.4. The molecule has 6 nitrogen and oxygen atoms in total. The van der Waals surface area contributed by atoms with E-state index in [4.69, 9.17) is 4.74 Å². The van der Waals surface area contributed by atoms with Crippen LogP contribution in [0.4, 0.5) is 4.79 Å². The second-order valence-electron chi connectivity index (χ2n) is 9.66. The number of nitrogens with zero attached hydrogens (tertiary/aromatic N) is 1. The van der Waals surface area contributed by atoms with E-state index in [0.29, 0.717) is 12.8 Å². The van der Waals surface area contributed by atoms with Crippen molar-refractivity contribution < 1.29 is 23.9 Å². The summed E-state index contributed by atoms with van der Waals surface area (Å²) in [6, 6.07) is 15.1. The van der Waals surface area contributed by atoms with Gasteiger partial charge in [0.2, 0.25) is 0 Å². The third-order valence-corrected chi connectivity index (χ3v) is 7.11. The number of hydrogen-bond donors (Lipinski definition) is 2. The smallest absolute Gasteiger partial charge is 0.407 e. The van der Waals surface area contributed by atoms with Crippen molar-refractivity contribution in [2.75, 3.05) is 33.8 Å². The molecule has 2 N–H and O–H groups in total. The van der Waals surface area contributed by atoms with Gasteiger partial charge in [0.1, 0.15) is 12.6 Å². The Morgan fingerprint density at radius 2 is 1.64 bits per heavy atom. The molecule has 1 amide bonds. The van der Waals surface area contributed by atoms with E-state index in [1.807, 2.05) is 24.3 Å². The molecule has 0 aromatic heterocycles. The highest BCUT2D eigenvalue weighted by Gasteiger charge is 2.48. The number of carboxylic acids is 1. The molecule has 0 bridgehead atoms. The van der Waals surface area contributed by atoms with Gasteiger partial charge in [0.25, 0.3) is 0 Å². The van der Waals surface area contributed by atoms with Crippen LogP contribution in [0.2, 0.25) is 0 Å². The highest BCUT2D eigenvalue weighted by atomic mass is 16.5. The second kappa shape index (κ2) is 8.92. The maximum atomic E-state index is 12.8. The molecule has 2 aliphatic rings. The summed E-state index contributed by atoms with van der Waals surface area (Å²) in [6.07, 6.45) is 0.476. The van der Waals surface area contributed by atoms with Gasteiger partial charge in [-0.05, 0) is 29.2 Å². The number of benzene rings is 2. The summed E-state index contributed by atoms with van der Waals surface area (Å²) < 4.78 is 6.42. The summed E-state index contributed by atoms with van der Waals surface area (Å²) in [5.41, 5.74) is 3.71. The quantitative estimate of drug-likeness (QED) is 0.539. The Morgan fingerprint density at radius 3 is 2.15 bits per heavy atom. The highest BCUT2D eigenvalue weighted by Crippen LogP contribution is 2.44. The number of carbonyl (C=O) groups excluding carboxylic acids is 1. The average Bonchev–Trinajstić information content (AvgIpc) is 3.11. The van der Waals surface area contributed by atoms with E-state index in [2.05, 4.69) is 55.5 Å². The lowest BCUT2D eigenvalue weighted by atomic mass is 9.72. The number of hydrogen-bond acceptors (Lipinski definition) is 3. The van der Waals surface area contributed by atoms with Gasteiger partial charge in [0.05, 0.1) is 32.6 Å². The number of rotatable bonds is 5. The first-order valence-corrected chi connectivity index (χ1v) is 11.4. The third-order valence-electron chi connectivity index (χ3n) is 7.11. The molecule has 0 unspecified atom stereocenters. The number of carbonyl (C=O) groups is 2. The summed E-state index contributed by atoms with van der Waals surface area (Å²) in [4.78, 5) is 25.0. The van der Waals surface area contributed by atoms with Crippen molar-refractivity contribution in [3.63, 3.8) is 0 Å². The van der Waals surface area contributed by atoms with Crippen molar-refractivity contribution >= 4 is 12.1 Å². The topological polar surface area (TPSA) is 75.6 Å². The Kier molecular flexibility index (Phi) is 6.18. The summed E-state index contributed by atoms with van der Waals surface area (Å²) in [6.45, 7) is 3.45. The molecule has 1 atom stereocenters. The molecule has 0 radical (unpaired) electrons. The van der Waals surface area contributed by atoms with Crippen molar-refractivity contribution in [3.8, 4) is 23.0 Å². The number of ether oxygens (including phenoxy) is 1. The Morgan fingerprint density at radius 1 is 1.09 bits per heavy atom. The van der Waals surface area contributed by atoms with Gasteiger partial charge < -0.3 is 19.6 Å². The molecule has 172 valence electrons. The molecule has 4 rings (SSSR count). The van der Waals surface area contributed by atoms with E-state index in [-0.39, 0.29) is 12.5 Å². The predicted octanol–water partition coefficient (Wildman–Crippen LogP) is 3.86. The van der Waals surface area contributed by atoms with Crippen molar-refractivity contribution in [2.24, 2.45) is 5.41 Å². The minimum Gasteiger partial charge on any atom is -0.480 e. The lowest BCUT2D eigenvalue weighted by Crippen LogP contribution is -2.59. The van der Waals surface area contributed by atoms with Gasteiger partial charge in [0.15, 0.2) is 0 Å². The van der Waals surface area contributed by atoms with Crippen molar-refractivity contribution in [1.82, 2.24) is 5.32 Å². The summed E-state index contributed by atoms with van der Waals surface area (Å²) in [7, 11) is 4.25. The number of fused-ring (bicyclic) bond motifs is 3. The largest absolute Gasteiger partial charge is 0.480 e. The van der Waals surface area contributed by atoms with Gasteiger partial charge in [-0.3, -0.25) is 0 Å². The maximum absolute atomic E-state index is 12.8. The zero-order chi connectivity index (χ0) is 23.6. The molecular formula is C27H31N2O4+. The standard InChI is InChI=1S/C27H30N2O4/c1-4-13-27(14-16-29(2,3)17-15-27)24(25(30)31)28-26(32)33-18-23-21-11-7-5-9-19(21)20-10-6-8-12-22(20)23/h5-12,23-24H,14-18H2,1-3H3,(H-,28,30,31,32)/p+1/t24-/m0/s1. The fraction of sp³-hybridized carbons (Fsp3) is 0.407. The first-order chi connectivity index (χ1) is 15.8. The molecule has 0 spiro atoms. The normalized spacial score (nSPS) is 18.8. The van der Waals surface area contributed by atoms with Crippen LogP contribution in [-0.4, -0.2) is 61.5 Å². The van der Waals surface area contributed by atoms with E-state index in [0.717, 1.165) is 39.8 Å². The van der Waals surface area contributed by atoms with Crippen LogP contribution >= 0.6 is 0 Å². The van der Waals surface area contributed by atoms with Gasteiger partial charge >= 0.3 is 12.1 Å². The minimum absolute atomic E-state index is 0.0800. The van der Waals surface area contributed by atoms with E-state index in [9.17, 15) is 14.7 Å². The first-order valence-electron chi connectivity index (χ1n) is 11.4. The molecule has 1 aliphatic carbocycles. The second-order valence-corrected chi connectivity index (χ2v) is 9.66. The van der Waals surface area contributed by atoms with Crippen LogP contribution in [0.25, 0.3) is 11.1 Å². The third kappa shape index (κ3) is 4.46. The van der Waals surface area contributed by atoms with Gasteiger partial charge in [0, 0.05) is 18.8 Å². The monoisotopic (exact) mass is 447 g/mol. The number of nitrogens with one attached hydrogen (secondary N) is 1.